The van der Waals surface area contributed by atoms with Gasteiger partial charge in [0.25, 0.3) is 0 Å². The lowest BCUT2D eigenvalue weighted by Crippen LogP contribution is -2.25. The molecule has 0 saturated heterocycles. The van der Waals surface area contributed by atoms with Gasteiger partial charge in [0.05, 0.1) is 6.10 Å². The van der Waals surface area contributed by atoms with E-state index in [2.05, 4.69) is 5.32 Å². The molecule has 0 aliphatic carbocycles. The fraction of sp³-hybridized carbons (Fsp3) is 0.562. The second-order valence-electron chi connectivity index (χ2n) is 5.18. The first kappa shape index (κ1) is 18.1. The molecule has 0 aromatic heterocycles. The molecule has 0 aliphatic heterocycles. The van der Waals surface area contributed by atoms with Gasteiger partial charge in [0, 0.05) is 23.5 Å². The van der Waals surface area contributed by atoms with Crippen LogP contribution in [0.25, 0.3) is 0 Å². The maximum atomic E-state index is 11.8. The van der Waals surface area contributed by atoms with Gasteiger partial charge in [0.1, 0.15) is 6.61 Å². The summed E-state index contributed by atoms with van der Waals surface area (Å²) >= 11 is 0. The number of ether oxygens (including phenoxy) is 1. The second-order valence-corrected chi connectivity index (χ2v) is 5.18. The molecule has 0 aliphatic rings. The van der Waals surface area contributed by atoms with Crippen molar-refractivity contribution in [2.45, 2.75) is 51.7 Å². The summed E-state index contributed by atoms with van der Waals surface area (Å²) in [7, 11) is 0. The summed E-state index contributed by atoms with van der Waals surface area (Å²) in [5, 5.41) is 13.5. The normalized spacial score (nSPS) is 13.4. The molecule has 1 amide bonds. The Kier molecular flexibility index (Phi) is 8.14. The third-order valence-corrected chi connectivity index (χ3v) is 3.55. The Bertz CT molecular complexity index is 464. The first-order valence-electron chi connectivity index (χ1n) is 7.66. The van der Waals surface area contributed by atoms with Gasteiger partial charge in [0.2, 0.25) is 11.9 Å². The summed E-state index contributed by atoms with van der Waals surface area (Å²) in [6, 6.07) is 8.63. The van der Waals surface area contributed by atoms with Gasteiger partial charge in [-0.05, 0) is 25.0 Å². The van der Waals surface area contributed by atoms with Crippen molar-refractivity contribution in [3.63, 3.8) is 0 Å². The van der Waals surface area contributed by atoms with Gasteiger partial charge in [-0.3, -0.25) is 14.9 Å². The average Bonchev–Trinajstić information content (AvgIpc) is 2.51. The van der Waals surface area contributed by atoms with Crippen molar-refractivity contribution in [1.82, 2.24) is 0 Å². The van der Waals surface area contributed by atoms with Crippen molar-refractivity contribution in [2.75, 3.05) is 11.9 Å². The number of benzene rings is 1. The molecule has 0 bridgehead atoms. The molecule has 0 heterocycles. The predicted octanol–water partition coefficient (Wildman–Crippen LogP) is 3.26. The van der Waals surface area contributed by atoms with E-state index in [1.54, 1.807) is 12.1 Å². The zero-order valence-corrected chi connectivity index (χ0v) is 13.2. The quantitative estimate of drug-likeness (QED) is 0.531. The number of nitrogens with zero attached hydrogens (tertiary/aromatic N) is 1. The second kappa shape index (κ2) is 9.89. The molecule has 0 fully saturated rings. The van der Waals surface area contributed by atoms with Crippen LogP contribution in [-0.2, 0) is 9.53 Å². The molecule has 1 rings (SSSR count). The topological polar surface area (TPSA) is 81.5 Å². The van der Waals surface area contributed by atoms with Gasteiger partial charge in [0.15, 0.2) is 0 Å². The van der Waals surface area contributed by atoms with Crippen molar-refractivity contribution < 1.29 is 14.5 Å². The molecule has 6 nitrogen and oxygen atoms in total. The summed E-state index contributed by atoms with van der Waals surface area (Å²) in [6.45, 7) is 3.72. The van der Waals surface area contributed by atoms with E-state index in [4.69, 9.17) is 4.74 Å². The standard InChI is InChI=1S/C16H24N2O4/c1-3-14(18(20)21)10-11-15(4-2)22-12-16(19)17-13-8-6-5-7-9-13/h5-9,14-15H,3-4,10-12H2,1-2H3,(H,17,19). The number of nitrogens with one attached hydrogen (secondary N) is 1. The highest BCUT2D eigenvalue weighted by atomic mass is 16.6. The highest BCUT2D eigenvalue weighted by molar-refractivity contribution is 5.91. The first-order chi connectivity index (χ1) is 10.6. The zero-order chi connectivity index (χ0) is 16.4. The van der Waals surface area contributed by atoms with Crippen LogP contribution < -0.4 is 5.32 Å². The number of rotatable bonds is 10. The van der Waals surface area contributed by atoms with Crippen LogP contribution >= 0.6 is 0 Å². The SMILES string of the molecule is CCC(CCC(CC)[N+](=O)[O-])OCC(=O)Nc1ccccc1. The van der Waals surface area contributed by atoms with E-state index in [9.17, 15) is 14.9 Å². The average molecular weight is 308 g/mol. The van der Waals surface area contributed by atoms with Crippen LogP contribution in [-0.4, -0.2) is 29.6 Å². The molecule has 2 atom stereocenters. The smallest absolute Gasteiger partial charge is 0.250 e. The Morgan fingerprint density at radius 1 is 1.23 bits per heavy atom. The molecule has 1 aromatic rings. The first-order valence-corrected chi connectivity index (χ1v) is 7.66. The number of carbonyl (C=O) groups is 1. The summed E-state index contributed by atoms with van der Waals surface area (Å²) in [5.74, 6) is -0.217. The number of para-hydroxylation sites is 1. The van der Waals surface area contributed by atoms with E-state index in [-0.39, 0.29) is 23.5 Å². The molecule has 1 aromatic carbocycles. The van der Waals surface area contributed by atoms with E-state index in [0.29, 0.717) is 19.3 Å². The van der Waals surface area contributed by atoms with Crippen LogP contribution in [0.2, 0.25) is 0 Å². The van der Waals surface area contributed by atoms with Crippen LogP contribution in [0.1, 0.15) is 39.5 Å². The number of hydrogen-bond donors (Lipinski definition) is 1. The van der Waals surface area contributed by atoms with Crippen LogP contribution in [0.4, 0.5) is 5.69 Å². The lowest BCUT2D eigenvalue weighted by Gasteiger charge is -2.17. The summed E-state index contributed by atoms with van der Waals surface area (Å²) in [5.41, 5.74) is 0.726. The zero-order valence-electron chi connectivity index (χ0n) is 13.2. The molecule has 0 spiro atoms. The van der Waals surface area contributed by atoms with Crippen molar-refractivity contribution >= 4 is 11.6 Å². The molecule has 6 heteroatoms. The number of anilines is 1. The third-order valence-electron chi connectivity index (χ3n) is 3.55. The van der Waals surface area contributed by atoms with Gasteiger partial charge >= 0.3 is 0 Å². The Labute approximate surface area is 131 Å². The van der Waals surface area contributed by atoms with Crippen LogP contribution in [0, 0.1) is 10.1 Å². The van der Waals surface area contributed by atoms with E-state index in [1.165, 1.54) is 0 Å². The largest absolute Gasteiger partial charge is 0.368 e. The predicted molar refractivity (Wildman–Crippen MR) is 85.4 cm³/mol. The maximum Gasteiger partial charge on any atom is 0.250 e. The fourth-order valence-electron chi connectivity index (χ4n) is 2.15. The molecular formula is C16H24N2O4. The Morgan fingerprint density at radius 3 is 2.45 bits per heavy atom. The highest BCUT2D eigenvalue weighted by Crippen LogP contribution is 2.13. The van der Waals surface area contributed by atoms with Gasteiger partial charge in [-0.25, -0.2) is 0 Å². The minimum Gasteiger partial charge on any atom is -0.368 e. The summed E-state index contributed by atoms with van der Waals surface area (Å²) in [6.07, 6.45) is 2.18. The van der Waals surface area contributed by atoms with Crippen molar-refractivity contribution in [3.8, 4) is 0 Å². The van der Waals surface area contributed by atoms with Crippen molar-refractivity contribution in [3.05, 3.63) is 40.4 Å². The van der Waals surface area contributed by atoms with Crippen LogP contribution in [0.5, 0.6) is 0 Å². The number of carbonyl (C=O) groups excluding carboxylic acids is 1. The molecule has 1 N–H and O–H groups in total. The number of hydrogen-bond acceptors (Lipinski definition) is 4. The third kappa shape index (κ3) is 6.67. The molecule has 0 saturated carbocycles. The number of amides is 1. The molecule has 22 heavy (non-hydrogen) atoms. The monoisotopic (exact) mass is 308 g/mol. The minimum atomic E-state index is -0.532. The van der Waals surface area contributed by atoms with Crippen LogP contribution in [0.15, 0.2) is 30.3 Å². The van der Waals surface area contributed by atoms with E-state index in [0.717, 1.165) is 12.1 Å². The molecular weight excluding hydrogens is 284 g/mol. The Hall–Kier alpha value is -1.95. The number of nitro groups is 1. The minimum absolute atomic E-state index is 0.0390. The van der Waals surface area contributed by atoms with Gasteiger partial charge in [-0.1, -0.05) is 32.0 Å². The summed E-state index contributed by atoms with van der Waals surface area (Å²) < 4.78 is 5.57. The Balaban J connectivity index is 2.33. The van der Waals surface area contributed by atoms with E-state index >= 15 is 0 Å². The summed E-state index contributed by atoms with van der Waals surface area (Å²) in [4.78, 5) is 22.4. The van der Waals surface area contributed by atoms with Gasteiger partial charge in [-0.2, -0.15) is 0 Å². The lowest BCUT2D eigenvalue weighted by molar-refractivity contribution is -0.524. The van der Waals surface area contributed by atoms with Crippen molar-refractivity contribution in [2.24, 2.45) is 0 Å². The highest BCUT2D eigenvalue weighted by Gasteiger charge is 2.20. The van der Waals surface area contributed by atoms with Crippen molar-refractivity contribution in [1.29, 1.82) is 0 Å². The van der Waals surface area contributed by atoms with E-state index in [1.807, 2.05) is 32.0 Å². The maximum absolute atomic E-state index is 11.8. The molecule has 122 valence electrons. The van der Waals surface area contributed by atoms with Gasteiger partial charge in [-0.15, -0.1) is 0 Å². The van der Waals surface area contributed by atoms with Gasteiger partial charge < -0.3 is 10.1 Å². The molecule has 0 radical (unpaired) electrons. The Morgan fingerprint density at radius 2 is 1.91 bits per heavy atom. The lowest BCUT2D eigenvalue weighted by atomic mass is 10.1. The van der Waals surface area contributed by atoms with Crippen LogP contribution in [0.3, 0.4) is 0 Å². The van der Waals surface area contributed by atoms with E-state index < -0.39 is 6.04 Å². The molecule has 2 unspecified atom stereocenters. The fourth-order valence-corrected chi connectivity index (χ4v) is 2.15.